The number of hydrogen-bond acceptors (Lipinski definition) is 0. The van der Waals surface area contributed by atoms with Gasteiger partial charge < -0.3 is 0 Å². The normalized spacial score (nSPS) is 13.1. The summed E-state index contributed by atoms with van der Waals surface area (Å²) >= 11 is -0.826. The number of fused-ring (bicyclic) bond motifs is 2. The summed E-state index contributed by atoms with van der Waals surface area (Å²) in [5, 5.41) is 8.60. The van der Waals surface area contributed by atoms with Crippen molar-refractivity contribution in [3.05, 3.63) is 120 Å². The first-order chi connectivity index (χ1) is 23.8. The van der Waals surface area contributed by atoms with E-state index in [1.807, 2.05) is 0 Å². The van der Waals surface area contributed by atoms with Gasteiger partial charge in [0.15, 0.2) is 0 Å². The Morgan fingerprint density at radius 3 is 1.44 bits per heavy atom. The summed E-state index contributed by atoms with van der Waals surface area (Å²) in [5.74, 6) is 0.791. The van der Waals surface area contributed by atoms with Crippen molar-refractivity contribution in [3.8, 4) is 22.3 Å². The zero-order valence-electron chi connectivity index (χ0n) is 31.6. The van der Waals surface area contributed by atoms with Gasteiger partial charge in [-0.1, -0.05) is 154 Å². The van der Waals surface area contributed by atoms with Gasteiger partial charge in [0.1, 0.15) is 0 Å². The van der Waals surface area contributed by atoms with Crippen molar-refractivity contribution in [2.45, 2.75) is 90.9 Å². The van der Waals surface area contributed by atoms with Crippen molar-refractivity contribution in [1.82, 2.24) is 0 Å². The molecule has 0 unspecified atom stereocenters. The molecule has 0 saturated heterocycles. The van der Waals surface area contributed by atoms with Crippen LogP contribution in [-0.2, 0) is 20.8 Å². The van der Waals surface area contributed by atoms with Crippen LogP contribution in [0.3, 0.4) is 0 Å². The Hall–Kier alpha value is -1.79. The third-order valence-corrected chi connectivity index (χ3v) is 13.7. The van der Waals surface area contributed by atoms with Gasteiger partial charge in [0.05, 0.1) is 16.1 Å². The molecule has 2 radical (unpaired) electrons. The summed E-state index contributed by atoms with van der Waals surface area (Å²) in [4.78, 5) is 0. The van der Waals surface area contributed by atoms with E-state index in [-0.39, 0.29) is 0 Å². The van der Waals surface area contributed by atoms with E-state index in [9.17, 15) is 0 Å². The molecule has 0 bridgehead atoms. The van der Waals surface area contributed by atoms with Crippen molar-refractivity contribution in [1.29, 1.82) is 0 Å². The van der Waals surface area contributed by atoms with Crippen LogP contribution in [0.2, 0.25) is 52.4 Å². The average Bonchev–Trinajstić information content (AvgIpc) is 3.84. The van der Waals surface area contributed by atoms with Crippen LogP contribution in [0.25, 0.3) is 43.8 Å². The van der Waals surface area contributed by atoms with Crippen LogP contribution in [0.4, 0.5) is 0 Å². The van der Waals surface area contributed by atoms with Crippen molar-refractivity contribution < 1.29 is 20.8 Å². The Balaban J connectivity index is 0.000000197. The molecule has 0 N–H and O–H groups in total. The zero-order chi connectivity index (χ0) is 36.5. The molecule has 260 valence electrons. The van der Waals surface area contributed by atoms with E-state index < -0.39 is 37.0 Å². The minimum atomic E-state index is -1.22. The van der Waals surface area contributed by atoms with Crippen molar-refractivity contribution in [3.63, 3.8) is 0 Å². The van der Waals surface area contributed by atoms with Gasteiger partial charge in [-0.2, -0.15) is 12.1 Å². The second kappa shape index (κ2) is 18.8. The predicted molar refractivity (Wildman–Crippen MR) is 231 cm³/mol. The van der Waals surface area contributed by atoms with E-state index in [1.54, 1.807) is 5.56 Å². The number of aryl methyl sites for hydroxylation is 1. The first kappa shape index (κ1) is 41.0. The number of halogens is 2. The van der Waals surface area contributed by atoms with Crippen LogP contribution in [0.1, 0.15) is 42.7 Å². The fourth-order valence-electron chi connectivity index (χ4n) is 6.94. The molecule has 0 spiro atoms. The van der Waals surface area contributed by atoms with Crippen molar-refractivity contribution in [2.24, 2.45) is 0 Å². The maximum atomic E-state index is 4.93. The molecule has 0 aromatic heterocycles. The van der Waals surface area contributed by atoms with Gasteiger partial charge in [-0.3, -0.25) is 0 Å². The Labute approximate surface area is 326 Å². The fourth-order valence-corrected chi connectivity index (χ4v) is 9.27. The average molecular weight is 829 g/mol. The van der Waals surface area contributed by atoms with Crippen molar-refractivity contribution >= 4 is 74.6 Å². The summed E-state index contributed by atoms with van der Waals surface area (Å²) < 4.78 is 0. The van der Waals surface area contributed by atoms with E-state index in [0.29, 0.717) is 0 Å². The quantitative estimate of drug-likeness (QED) is 0.120. The van der Waals surface area contributed by atoms with Crippen LogP contribution in [-0.4, -0.2) is 25.7 Å². The first-order valence-corrected chi connectivity index (χ1v) is 33.3. The van der Waals surface area contributed by atoms with Gasteiger partial charge in [0, 0.05) is 9.52 Å². The molecule has 6 aromatic rings. The van der Waals surface area contributed by atoms with Crippen LogP contribution >= 0.6 is 17.0 Å². The SMILES string of the molecule is C[Si](C)(C)c1ccc(-c2cccc3[cH-]c(C4CCCC4)cc23)cc1.C[Si]C.Cc1cc2c(-c3ccc([Si](C)(C)C)cc3)cccc2[cH-]1.[Cl][Zr+2][Cl]. The molecule has 6 aromatic carbocycles. The molecular formula is C44H54Cl2Si3Zr. The predicted octanol–water partition coefficient (Wildman–Crippen LogP) is 13.7. The second-order valence-electron chi connectivity index (χ2n) is 15.6. The van der Waals surface area contributed by atoms with E-state index in [4.69, 9.17) is 17.0 Å². The molecule has 0 heterocycles. The minimum absolute atomic E-state index is 0.791. The Morgan fingerprint density at radius 1 is 0.620 bits per heavy atom. The van der Waals surface area contributed by atoms with E-state index in [2.05, 4.69) is 168 Å². The molecule has 0 amide bonds. The van der Waals surface area contributed by atoms with Gasteiger partial charge in [0.25, 0.3) is 0 Å². The standard InChI is InChI=1S/C23H27Si.C19H21Si.C2H6Si.2ClH.Zr/c1-24(2,3)21-13-11-18(12-14-21)22-10-6-9-19-15-20(16-23(19)22)17-7-4-5-8-17;1-14-12-16-6-5-7-18(19(16)13-14)15-8-10-17(11-9-15)20(2,3)4;1-3-2;;;/h6,9-17H,4-5,7-8H2,1-3H3;5-13H,1-4H3;1-2H3;2*1H;/q2*-1;;;;+4/p-2. The molecule has 1 aliphatic carbocycles. The van der Waals surface area contributed by atoms with E-state index in [1.165, 1.54) is 85.4 Å². The Morgan fingerprint density at radius 2 is 1.02 bits per heavy atom. The molecule has 6 heteroatoms. The van der Waals surface area contributed by atoms with Crippen LogP contribution in [0.15, 0.2) is 109 Å². The summed E-state index contributed by atoms with van der Waals surface area (Å²) in [6.45, 7) is 20.9. The Bertz CT molecular complexity index is 1920. The van der Waals surface area contributed by atoms with Crippen LogP contribution < -0.4 is 10.4 Å². The number of hydrogen-bond donors (Lipinski definition) is 0. The molecule has 1 saturated carbocycles. The maximum absolute atomic E-state index is 4.93. The summed E-state index contributed by atoms with van der Waals surface area (Å²) in [6, 6.07) is 41.3. The topological polar surface area (TPSA) is 0 Å². The van der Waals surface area contributed by atoms with Gasteiger partial charge in [-0.05, 0) is 29.9 Å². The summed E-state index contributed by atoms with van der Waals surface area (Å²) in [6.07, 6.45) is 5.54. The molecule has 0 aliphatic heterocycles. The molecule has 7 rings (SSSR count). The fraction of sp³-hybridized carbons (Fsp3) is 0.318. The van der Waals surface area contributed by atoms with E-state index >= 15 is 0 Å². The molecule has 1 fully saturated rings. The van der Waals surface area contributed by atoms with Gasteiger partial charge >= 0.3 is 37.9 Å². The molecule has 0 nitrogen and oxygen atoms in total. The van der Waals surface area contributed by atoms with Gasteiger partial charge in [0.2, 0.25) is 0 Å². The Kier molecular flexibility index (Phi) is 15.4. The number of rotatable bonds is 5. The van der Waals surface area contributed by atoms with Crippen LogP contribution in [0.5, 0.6) is 0 Å². The summed E-state index contributed by atoms with van der Waals surface area (Å²) in [7, 11) is 8.52. The van der Waals surface area contributed by atoms with E-state index in [0.717, 1.165) is 15.4 Å². The molecule has 1 aliphatic rings. The third kappa shape index (κ3) is 10.9. The van der Waals surface area contributed by atoms with Crippen molar-refractivity contribution in [2.75, 3.05) is 0 Å². The molecule has 50 heavy (non-hydrogen) atoms. The monoisotopic (exact) mass is 826 g/mol. The van der Waals surface area contributed by atoms with Crippen LogP contribution in [0, 0.1) is 6.92 Å². The molecular weight excluding hydrogens is 775 g/mol. The zero-order valence-corrected chi connectivity index (χ0v) is 38.5. The van der Waals surface area contributed by atoms with Gasteiger partial charge in [-0.25, -0.2) is 0 Å². The second-order valence-corrected chi connectivity index (χ2v) is 30.5. The first-order valence-electron chi connectivity index (χ1n) is 17.9. The third-order valence-electron chi connectivity index (χ3n) is 9.62. The van der Waals surface area contributed by atoms with Gasteiger partial charge in [-0.15, -0.1) is 69.1 Å². The summed E-state index contributed by atoms with van der Waals surface area (Å²) in [5.41, 5.74) is 8.31. The number of benzene rings is 4. The molecule has 0 atom stereocenters.